The number of aromatic nitrogens is 2. The van der Waals surface area contributed by atoms with Crippen LogP contribution in [0.1, 0.15) is 11.1 Å². The van der Waals surface area contributed by atoms with Crippen LogP contribution in [-0.2, 0) is 6.54 Å². The van der Waals surface area contributed by atoms with Gasteiger partial charge in [0.05, 0.1) is 17.2 Å². The predicted molar refractivity (Wildman–Crippen MR) is 99.9 cm³/mol. The van der Waals surface area contributed by atoms with Crippen molar-refractivity contribution < 1.29 is 5.11 Å². The van der Waals surface area contributed by atoms with E-state index in [1.165, 1.54) is 0 Å². The largest absolute Gasteiger partial charge is 0.508 e. The van der Waals surface area contributed by atoms with Gasteiger partial charge in [-0.2, -0.15) is 0 Å². The van der Waals surface area contributed by atoms with Crippen molar-refractivity contribution in [2.75, 3.05) is 31.1 Å². The molecule has 4 rings (SSSR count). The van der Waals surface area contributed by atoms with E-state index >= 15 is 0 Å². The SMILES string of the molecule is Cc1cc(O)cc(CN2CCN(c3cnc4ccccc4n3)CC2)c1. The van der Waals surface area contributed by atoms with Gasteiger partial charge >= 0.3 is 0 Å². The summed E-state index contributed by atoms with van der Waals surface area (Å²) in [6.07, 6.45) is 1.87. The summed E-state index contributed by atoms with van der Waals surface area (Å²) in [5, 5.41) is 9.76. The van der Waals surface area contributed by atoms with Crippen molar-refractivity contribution in [1.82, 2.24) is 14.9 Å². The monoisotopic (exact) mass is 334 g/mol. The molecule has 2 aromatic carbocycles. The summed E-state index contributed by atoms with van der Waals surface area (Å²) in [6.45, 7) is 6.70. The zero-order valence-corrected chi connectivity index (χ0v) is 14.4. The van der Waals surface area contributed by atoms with Gasteiger partial charge in [0.15, 0.2) is 0 Å². The zero-order valence-electron chi connectivity index (χ0n) is 14.4. The van der Waals surface area contributed by atoms with Crippen molar-refractivity contribution >= 4 is 16.9 Å². The maximum atomic E-state index is 9.76. The molecule has 0 radical (unpaired) electrons. The van der Waals surface area contributed by atoms with Crippen LogP contribution in [-0.4, -0.2) is 46.2 Å². The first kappa shape index (κ1) is 15.8. The normalized spacial score (nSPS) is 15.6. The van der Waals surface area contributed by atoms with Crippen LogP contribution in [0.3, 0.4) is 0 Å². The van der Waals surface area contributed by atoms with Crippen LogP contribution >= 0.6 is 0 Å². The second-order valence-corrected chi connectivity index (χ2v) is 6.66. The highest BCUT2D eigenvalue weighted by molar-refractivity contribution is 5.75. The van der Waals surface area contributed by atoms with E-state index in [1.807, 2.05) is 43.5 Å². The van der Waals surface area contributed by atoms with Crippen LogP contribution in [0.15, 0.2) is 48.7 Å². The Bertz CT molecular complexity index is 868. The fraction of sp³-hybridized carbons (Fsp3) is 0.300. The quantitative estimate of drug-likeness (QED) is 0.798. The molecular formula is C20H22N4O. The lowest BCUT2D eigenvalue weighted by molar-refractivity contribution is 0.249. The van der Waals surface area contributed by atoms with Gasteiger partial charge in [0, 0.05) is 32.7 Å². The average molecular weight is 334 g/mol. The number of anilines is 1. The Kier molecular flexibility index (Phi) is 4.24. The summed E-state index contributed by atoms with van der Waals surface area (Å²) < 4.78 is 0. The van der Waals surface area contributed by atoms with E-state index < -0.39 is 0 Å². The summed E-state index contributed by atoms with van der Waals surface area (Å²) in [5.41, 5.74) is 4.14. The Hall–Kier alpha value is -2.66. The van der Waals surface area contributed by atoms with Crippen LogP contribution in [0.2, 0.25) is 0 Å². The number of rotatable bonds is 3. The minimum Gasteiger partial charge on any atom is -0.508 e. The van der Waals surface area contributed by atoms with E-state index in [2.05, 4.69) is 20.9 Å². The Balaban J connectivity index is 1.42. The minimum atomic E-state index is 0.347. The van der Waals surface area contributed by atoms with E-state index in [9.17, 15) is 5.11 Å². The van der Waals surface area contributed by atoms with Gasteiger partial charge in [-0.1, -0.05) is 18.2 Å². The van der Waals surface area contributed by atoms with Crippen LogP contribution in [0, 0.1) is 6.92 Å². The first-order chi connectivity index (χ1) is 12.2. The van der Waals surface area contributed by atoms with E-state index in [0.29, 0.717) is 5.75 Å². The number of hydrogen-bond donors (Lipinski definition) is 1. The smallest absolute Gasteiger partial charge is 0.147 e. The van der Waals surface area contributed by atoms with E-state index in [4.69, 9.17) is 4.98 Å². The molecule has 0 saturated carbocycles. The molecule has 1 fully saturated rings. The summed E-state index contributed by atoms with van der Waals surface area (Å²) in [7, 11) is 0. The number of hydrogen-bond acceptors (Lipinski definition) is 5. The molecule has 3 aromatic rings. The van der Waals surface area contributed by atoms with Crippen LogP contribution in [0.25, 0.3) is 11.0 Å². The van der Waals surface area contributed by atoms with Gasteiger partial charge in [-0.25, -0.2) is 4.98 Å². The minimum absolute atomic E-state index is 0.347. The molecule has 1 N–H and O–H groups in total. The molecule has 0 aliphatic carbocycles. The zero-order chi connectivity index (χ0) is 17.2. The molecule has 0 unspecified atom stereocenters. The van der Waals surface area contributed by atoms with Gasteiger partial charge in [-0.3, -0.25) is 9.88 Å². The molecule has 25 heavy (non-hydrogen) atoms. The van der Waals surface area contributed by atoms with E-state index in [0.717, 1.165) is 60.7 Å². The van der Waals surface area contributed by atoms with Crippen LogP contribution in [0.5, 0.6) is 5.75 Å². The molecule has 2 heterocycles. The molecule has 1 aromatic heterocycles. The molecule has 0 bridgehead atoms. The summed E-state index contributed by atoms with van der Waals surface area (Å²) in [6, 6.07) is 13.8. The fourth-order valence-electron chi connectivity index (χ4n) is 3.43. The van der Waals surface area contributed by atoms with Crippen molar-refractivity contribution in [2.45, 2.75) is 13.5 Å². The molecule has 1 saturated heterocycles. The molecule has 1 aliphatic heterocycles. The predicted octanol–water partition coefficient (Wildman–Crippen LogP) is 2.97. The Morgan fingerprint density at radius 2 is 1.76 bits per heavy atom. The lowest BCUT2D eigenvalue weighted by Crippen LogP contribution is -2.46. The number of phenolic OH excluding ortho intramolecular Hbond substituents is 1. The topological polar surface area (TPSA) is 52.5 Å². The molecule has 5 heteroatoms. The van der Waals surface area contributed by atoms with Crippen molar-refractivity contribution in [1.29, 1.82) is 0 Å². The molecule has 0 spiro atoms. The summed E-state index contributed by atoms with van der Waals surface area (Å²) >= 11 is 0. The molecule has 0 amide bonds. The van der Waals surface area contributed by atoms with Crippen LogP contribution < -0.4 is 4.90 Å². The molecular weight excluding hydrogens is 312 g/mol. The average Bonchev–Trinajstić information content (AvgIpc) is 2.61. The summed E-state index contributed by atoms with van der Waals surface area (Å²) in [5.74, 6) is 1.30. The van der Waals surface area contributed by atoms with Gasteiger partial charge in [-0.15, -0.1) is 0 Å². The number of piperazine rings is 1. The van der Waals surface area contributed by atoms with Crippen molar-refractivity contribution in [3.63, 3.8) is 0 Å². The maximum Gasteiger partial charge on any atom is 0.147 e. The number of aromatic hydroxyl groups is 1. The first-order valence-corrected chi connectivity index (χ1v) is 8.66. The molecule has 5 nitrogen and oxygen atoms in total. The van der Waals surface area contributed by atoms with Crippen LogP contribution in [0.4, 0.5) is 5.82 Å². The molecule has 0 atom stereocenters. The van der Waals surface area contributed by atoms with Gasteiger partial charge in [0.25, 0.3) is 0 Å². The number of para-hydroxylation sites is 2. The Morgan fingerprint density at radius 1 is 1.00 bits per heavy atom. The molecule has 1 aliphatic rings. The highest BCUT2D eigenvalue weighted by Crippen LogP contribution is 2.20. The van der Waals surface area contributed by atoms with Gasteiger partial charge in [0.1, 0.15) is 11.6 Å². The highest BCUT2D eigenvalue weighted by Gasteiger charge is 2.19. The standard InChI is InChI=1S/C20H22N4O/c1-15-10-16(12-17(25)11-15)14-23-6-8-24(9-7-23)20-13-21-18-4-2-3-5-19(18)22-20/h2-5,10-13,25H,6-9,14H2,1H3. The van der Waals surface area contributed by atoms with Crippen molar-refractivity contribution in [3.05, 3.63) is 59.8 Å². The van der Waals surface area contributed by atoms with E-state index in [-0.39, 0.29) is 0 Å². The first-order valence-electron chi connectivity index (χ1n) is 8.66. The number of phenols is 1. The number of aryl methyl sites for hydroxylation is 1. The summed E-state index contributed by atoms with van der Waals surface area (Å²) in [4.78, 5) is 14.0. The maximum absolute atomic E-state index is 9.76. The van der Waals surface area contributed by atoms with Crippen molar-refractivity contribution in [3.8, 4) is 5.75 Å². The second-order valence-electron chi connectivity index (χ2n) is 6.66. The number of benzene rings is 2. The lowest BCUT2D eigenvalue weighted by Gasteiger charge is -2.35. The highest BCUT2D eigenvalue weighted by atomic mass is 16.3. The van der Waals surface area contributed by atoms with E-state index in [1.54, 1.807) is 6.07 Å². The third kappa shape index (κ3) is 3.56. The van der Waals surface area contributed by atoms with Crippen molar-refractivity contribution in [2.24, 2.45) is 0 Å². The second kappa shape index (κ2) is 6.69. The van der Waals surface area contributed by atoms with Gasteiger partial charge < -0.3 is 10.0 Å². The Labute approximate surface area is 147 Å². The van der Waals surface area contributed by atoms with Gasteiger partial charge in [-0.05, 0) is 42.3 Å². The Morgan fingerprint density at radius 3 is 2.52 bits per heavy atom. The third-order valence-corrected chi connectivity index (χ3v) is 4.66. The lowest BCUT2D eigenvalue weighted by atomic mass is 10.1. The number of fused-ring (bicyclic) bond motifs is 1. The number of nitrogens with zero attached hydrogens (tertiary/aromatic N) is 4. The molecule has 128 valence electrons. The fourth-order valence-corrected chi connectivity index (χ4v) is 3.43. The van der Waals surface area contributed by atoms with Gasteiger partial charge in [0.2, 0.25) is 0 Å². The third-order valence-electron chi connectivity index (χ3n) is 4.66.